The van der Waals surface area contributed by atoms with Crippen molar-refractivity contribution in [3.05, 3.63) is 110 Å². The molecular formula is C31H32ClN3O3. The van der Waals surface area contributed by atoms with Crippen LogP contribution in [0.2, 0.25) is 5.02 Å². The lowest BCUT2D eigenvalue weighted by Gasteiger charge is -2.22. The summed E-state index contributed by atoms with van der Waals surface area (Å²) < 4.78 is 5.54. The average Bonchev–Trinajstić information content (AvgIpc) is 2.94. The number of nitrogens with zero attached hydrogens (tertiary/aromatic N) is 2. The molecule has 4 aromatic rings. The van der Waals surface area contributed by atoms with Gasteiger partial charge >= 0.3 is 0 Å². The molecule has 1 amide bonds. The molecule has 6 nitrogen and oxygen atoms in total. The van der Waals surface area contributed by atoms with Gasteiger partial charge in [0, 0.05) is 31.8 Å². The van der Waals surface area contributed by atoms with E-state index in [4.69, 9.17) is 16.3 Å². The molecule has 1 aliphatic heterocycles. The Balaban J connectivity index is 1.47. The van der Waals surface area contributed by atoms with Crippen LogP contribution in [0.4, 0.5) is 0 Å². The number of benzene rings is 3. The first-order valence-corrected chi connectivity index (χ1v) is 13.5. The number of aromatic amines is 1. The van der Waals surface area contributed by atoms with Crippen molar-refractivity contribution in [3.63, 3.8) is 0 Å². The molecule has 0 unspecified atom stereocenters. The number of ether oxygens (including phenoxy) is 1. The van der Waals surface area contributed by atoms with E-state index in [1.165, 1.54) is 10.5 Å². The molecule has 3 aromatic carbocycles. The van der Waals surface area contributed by atoms with E-state index in [2.05, 4.69) is 28.4 Å². The lowest BCUT2D eigenvalue weighted by molar-refractivity contribution is 0.0665. The Morgan fingerprint density at radius 1 is 1.00 bits per heavy atom. The summed E-state index contributed by atoms with van der Waals surface area (Å²) in [6, 6.07) is 21.8. The molecule has 38 heavy (non-hydrogen) atoms. The van der Waals surface area contributed by atoms with E-state index < -0.39 is 5.91 Å². The number of halogens is 1. The maximum absolute atomic E-state index is 13.7. The molecule has 196 valence electrons. The number of fused-ring (bicyclic) bond motifs is 1. The van der Waals surface area contributed by atoms with Crippen LogP contribution >= 0.6 is 11.6 Å². The van der Waals surface area contributed by atoms with Gasteiger partial charge in [0.1, 0.15) is 0 Å². The van der Waals surface area contributed by atoms with Crippen LogP contribution in [0, 0.1) is 5.92 Å². The highest BCUT2D eigenvalue weighted by atomic mass is 35.5. The molecule has 7 heteroatoms. The Hall–Kier alpha value is -3.48. The normalized spacial score (nSPS) is 14.1. The minimum atomic E-state index is -0.413. The summed E-state index contributed by atoms with van der Waals surface area (Å²) in [5.74, 6) is 0.111. The van der Waals surface area contributed by atoms with E-state index in [0.29, 0.717) is 28.4 Å². The van der Waals surface area contributed by atoms with Gasteiger partial charge in [0.25, 0.3) is 5.91 Å². The number of H-pyrrole nitrogens is 1. The third-order valence-corrected chi connectivity index (χ3v) is 7.54. The topological polar surface area (TPSA) is 75.3 Å². The molecule has 0 bridgehead atoms. The summed E-state index contributed by atoms with van der Waals surface area (Å²) in [4.78, 5) is 28.5. The van der Waals surface area contributed by atoms with Gasteiger partial charge in [-0.25, -0.2) is 0 Å². The summed E-state index contributed by atoms with van der Waals surface area (Å²) in [5, 5.41) is 8.50. The maximum Gasteiger partial charge on any atom is 0.278 e. The first-order chi connectivity index (χ1) is 18.5. The van der Waals surface area contributed by atoms with E-state index in [-0.39, 0.29) is 11.1 Å². The quantitative estimate of drug-likeness (QED) is 0.322. The maximum atomic E-state index is 13.7. The Labute approximate surface area is 227 Å². The average molecular weight is 530 g/mol. The molecule has 1 N–H and O–H groups in total. The number of amides is 1. The largest absolute Gasteiger partial charge is 0.381 e. The summed E-state index contributed by atoms with van der Waals surface area (Å²) >= 11 is 5.98. The Kier molecular flexibility index (Phi) is 8.20. The molecular weight excluding hydrogens is 498 g/mol. The second-order valence-electron chi connectivity index (χ2n) is 10.1. The third kappa shape index (κ3) is 6.14. The SMILES string of the molecule is CN(Cc1ccc(Cl)cc1)C(=O)c1n[nH]c2c(CCc3ccccc3)cc(CC3CCOCC3)cc2c1=O. The van der Waals surface area contributed by atoms with Gasteiger partial charge in [-0.15, -0.1) is 0 Å². The van der Waals surface area contributed by atoms with Crippen molar-refractivity contribution in [3.8, 4) is 0 Å². The molecule has 0 aliphatic carbocycles. The van der Waals surface area contributed by atoms with Gasteiger partial charge in [-0.1, -0.05) is 60.1 Å². The highest BCUT2D eigenvalue weighted by Gasteiger charge is 2.22. The Bertz CT molecular complexity index is 1460. The van der Waals surface area contributed by atoms with Crippen LogP contribution in [0.1, 0.15) is 45.6 Å². The van der Waals surface area contributed by atoms with Crippen molar-refractivity contribution in [1.29, 1.82) is 0 Å². The van der Waals surface area contributed by atoms with Crippen LogP contribution in [-0.2, 0) is 30.5 Å². The van der Waals surface area contributed by atoms with Gasteiger partial charge in [-0.3, -0.25) is 14.7 Å². The van der Waals surface area contributed by atoms with Crippen LogP contribution in [-0.4, -0.2) is 41.3 Å². The predicted molar refractivity (Wildman–Crippen MR) is 151 cm³/mol. The molecule has 1 aliphatic rings. The number of hydrogen-bond donors (Lipinski definition) is 1. The van der Waals surface area contributed by atoms with Crippen molar-refractivity contribution in [2.45, 2.75) is 38.6 Å². The fourth-order valence-electron chi connectivity index (χ4n) is 5.15. The zero-order chi connectivity index (χ0) is 26.5. The summed E-state index contributed by atoms with van der Waals surface area (Å²) in [6.45, 7) is 1.91. The third-order valence-electron chi connectivity index (χ3n) is 7.29. The highest BCUT2D eigenvalue weighted by molar-refractivity contribution is 6.30. The zero-order valence-corrected chi connectivity index (χ0v) is 22.3. The number of hydrogen-bond acceptors (Lipinski definition) is 4. The van der Waals surface area contributed by atoms with Crippen LogP contribution in [0.15, 0.2) is 71.5 Å². The molecule has 2 heterocycles. The number of aryl methyl sites for hydroxylation is 2. The van der Waals surface area contributed by atoms with Crippen molar-refractivity contribution >= 4 is 28.4 Å². The minimum absolute atomic E-state index is 0.0915. The van der Waals surface area contributed by atoms with Gasteiger partial charge in [-0.05, 0) is 78.5 Å². The number of nitrogens with one attached hydrogen (secondary N) is 1. The number of carbonyl (C=O) groups is 1. The van der Waals surface area contributed by atoms with Crippen molar-refractivity contribution < 1.29 is 9.53 Å². The fraction of sp³-hybridized carbons (Fsp3) is 0.323. The highest BCUT2D eigenvalue weighted by Crippen LogP contribution is 2.25. The van der Waals surface area contributed by atoms with E-state index >= 15 is 0 Å². The molecule has 0 saturated carbocycles. The second kappa shape index (κ2) is 11.9. The fourth-order valence-corrected chi connectivity index (χ4v) is 5.28. The number of carbonyl (C=O) groups excluding carboxylic acids is 1. The Morgan fingerprint density at radius 3 is 2.47 bits per heavy atom. The van der Waals surface area contributed by atoms with Crippen molar-refractivity contribution in [1.82, 2.24) is 15.1 Å². The van der Waals surface area contributed by atoms with E-state index in [0.717, 1.165) is 62.0 Å². The standard InChI is InChI=1S/C31H32ClN3O3/c1-35(20-23-8-11-26(32)12-9-23)31(37)29-30(36)27-19-24(17-22-13-15-38-16-14-22)18-25(28(27)33-34-29)10-7-21-5-3-2-4-6-21/h2-6,8-9,11-12,18-19,22H,7,10,13-17,20H2,1H3,(H,33,36). The van der Waals surface area contributed by atoms with Crippen LogP contribution in [0.5, 0.6) is 0 Å². The summed E-state index contributed by atoms with van der Waals surface area (Å²) in [5.41, 5.74) is 4.61. The lowest BCUT2D eigenvalue weighted by Crippen LogP contribution is -2.32. The molecule has 0 atom stereocenters. The monoisotopic (exact) mass is 529 g/mol. The molecule has 1 fully saturated rings. The van der Waals surface area contributed by atoms with Gasteiger partial charge in [-0.2, -0.15) is 5.10 Å². The van der Waals surface area contributed by atoms with E-state index in [9.17, 15) is 9.59 Å². The van der Waals surface area contributed by atoms with Gasteiger partial charge < -0.3 is 9.64 Å². The number of aromatic nitrogens is 2. The van der Waals surface area contributed by atoms with Crippen LogP contribution in [0.3, 0.4) is 0 Å². The Morgan fingerprint density at radius 2 is 1.74 bits per heavy atom. The van der Waals surface area contributed by atoms with Gasteiger partial charge in [0.15, 0.2) is 5.69 Å². The first kappa shape index (κ1) is 26.1. The summed E-state index contributed by atoms with van der Waals surface area (Å²) in [7, 11) is 1.68. The second-order valence-corrected chi connectivity index (χ2v) is 10.5. The smallest absolute Gasteiger partial charge is 0.278 e. The van der Waals surface area contributed by atoms with Gasteiger partial charge in [0.05, 0.1) is 10.9 Å². The number of rotatable bonds is 8. The predicted octanol–water partition coefficient (Wildman–Crippen LogP) is 5.60. The van der Waals surface area contributed by atoms with Crippen molar-refractivity contribution in [2.24, 2.45) is 5.92 Å². The first-order valence-electron chi connectivity index (χ1n) is 13.1. The van der Waals surface area contributed by atoms with Crippen LogP contribution in [0.25, 0.3) is 10.9 Å². The molecule has 5 rings (SSSR count). The molecule has 0 radical (unpaired) electrons. The molecule has 1 saturated heterocycles. The minimum Gasteiger partial charge on any atom is -0.381 e. The van der Waals surface area contributed by atoms with Crippen molar-refractivity contribution in [2.75, 3.05) is 20.3 Å². The van der Waals surface area contributed by atoms with E-state index in [1.807, 2.05) is 36.4 Å². The van der Waals surface area contributed by atoms with Gasteiger partial charge in [0.2, 0.25) is 5.43 Å². The summed E-state index contributed by atoms with van der Waals surface area (Å²) in [6.07, 6.45) is 4.54. The molecule has 0 spiro atoms. The lowest BCUT2D eigenvalue weighted by atomic mass is 9.90. The van der Waals surface area contributed by atoms with Crippen LogP contribution < -0.4 is 5.43 Å². The van der Waals surface area contributed by atoms with E-state index in [1.54, 1.807) is 19.2 Å². The zero-order valence-electron chi connectivity index (χ0n) is 21.6. The molecule has 1 aromatic heterocycles.